The van der Waals surface area contributed by atoms with E-state index in [1.54, 1.807) is 0 Å². The van der Waals surface area contributed by atoms with E-state index in [0.717, 1.165) is 12.1 Å². The molecule has 2 aromatic rings. The number of hydrogen-bond donors (Lipinski definition) is 2. The van der Waals surface area contributed by atoms with Crippen molar-refractivity contribution in [3.8, 4) is 11.1 Å². The second-order valence-electron chi connectivity index (χ2n) is 6.25. The van der Waals surface area contributed by atoms with Gasteiger partial charge in [0.2, 0.25) is 5.91 Å². The van der Waals surface area contributed by atoms with Gasteiger partial charge in [-0.3, -0.25) is 4.79 Å². The van der Waals surface area contributed by atoms with Crippen LogP contribution >= 0.6 is 0 Å². The fourth-order valence-electron chi connectivity index (χ4n) is 2.62. The minimum atomic E-state index is -0.554. The van der Waals surface area contributed by atoms with Crippen LogP contribution in [0, 0.1) is 5.41 Å². The summed E-state index contributed by atoms with van der Waals surface area (Å²) in [5.74, 6) is -0.0412. The highest BCUT2D eigenvalue weighted by Crippen LogP contribution is 2.37. The van der Waals surface area contributed by atoms with Crippen LogP contribution in [0.3, 0.4) is 0 Å². The Morgan fingerprint density at radius 3 is 2.62 bits per heavy atom. The Labute approximate surface area is 125 Å². The lowest BCUT2D eigenvalue weighted by Gasteiger charge is -2.21. The van der Waals surface area contributed by atoms with E-state index in [9.17, 15) is 4.79 Å². The Morgan fingerprint density at radius 2 is 1.86 bits per heavy atom. The number of benzene rings is 2. The smallest absolute Gasteiger partial charge is 0.231 e. The fraction of sp³-hybridized carbons (Fsp3) is 0.278. The van der Waals surface area contributed by atoms with Crippen molar-refractivity contribution >= 4 is 11.6 Å². The van der Waals surface area contributed by atoms with Gasteiger partial charge in [-0.25, -0.2) is 0 Å². The Hall–Kier alpha value is -2.13. The zero-order chi connectivity index (χ0) is 15.0. The molecular formula is C18H20N2O. The molecule has 21 heavy (non-hydrogen) atoms. The van der Waals surface area contributed by atoms with Gasteiger partial charge in [-0.1, -0.05) is 30.3 Å². The molecule has 1 aliphatic carbocycles. The fourth-order valence-corrected chi connectivity index (χ4v) is 2.62. The molecule has 0 aliphatic heterocycles. The lowest BCUT2D eigenvalue weighted by atomic mass is 9.92. The normalized spacial score (nSPS) is 12.7. The number of carbonyl (C=O) groups is 1. The van der Waals surface area contributed by atoms with Gasteiger partial charge in [-0.2, -0.15) is 0 Å². The lowest BCUT2D eigenvalue weighted by molar-refractivity contribution is -0.123. The third kappa shape index (κ3) is 2.45. The average molecular weight is 280 g/mol. The summed E-state index contributed by atoms with van der Waals surface area (Å²) in [6.07, 6.45) is 0.926. The van der Waals surface area contributed by atoms with Crippen LogP contribution in [0.15, 0.2) is 42.5 Å². The van der Waals surface area contributed by atoms with E-state index in [4.69, 9.17) is 5.73 Å². The number of amides is 1. The molecule has 3 heteroatoms. The molecule has 3 N–H and O–H groups in total. The van der Waals surface area contributed by atoms with Crippen molar-refractivity contribution in [1.82, 2.24) is 0 Å². The highest BCUT2D eigenvalue weighted by atomic mass is 16.2. The summed E-state index contributed by atoms with van der Waals surface area (Å²) in [4.78, 5) is 12.2. The minimum Gasteiger partial charge on any atom is -0.329 e. The van der Waals surface area contributed by atoms with Crippen molar-refractivity contribution in [2.75, 3.05) is 11.9 Å². The second-order valence-corrected chi connectivity index (χ2v) is 6.25. The summed E-state index contributed by atoms with van der Waals surface area (Å²) in [5, 5.41) is 2.97. The topological polar surface area (TPSA) is 55.1 Å². The highest BCUT2D eigenvalue weighted by Gasteiger charge is 2.26. The predicted octanol–water partition coefficient (Wildman–Crippen LogP) is 3.18. The zero-order valence-electron chi connectivity index (χ0n) is 12.4. The largest absolute Gasteiger partial charge is 0.329 e. The van der Waals surface area contributed by atoms with Crippen molar-refractivity contribution in [2.24, 2.45) is 11.1 Å². The van der Waals surface area contributed by atoms with Gasteiger partial charge in [0.25, 0.3) is 0 Å². The van der Waals surface area contributed by atoms with Gasteiger partial charge in [0.15, 0.2) is 0 Å². The quantitative estimate of drug-likeness (QED) is 0.774. The molecule has 1 amide bonds. The summed E-state index contributed by atoms with van der Waals surface area (Å²) in [7, 11) is 0. The molecular weight excluding hydrogens is 260 g/mol. The van der Waals surface area contributed by atoms with Crippen LogP contribution in [0.2, 0.25) is 0 Å². The Bertz CT molecular complexity index is 704. The summed E-state index contributed by atoms with van der Waals surface area (Å²) in [6, 6.07) is 14.6. The molecule has 0 radical (unpaired) electrons. The molecule has 0 unspecified atom stereocenters. The zero-order valence-corrected chi connectivity index (χ0v) is 12.4. The molecule has 0 saturated carbocycles. The van der Waals surface area contributed by atoms with Crippen LogP contribution in [0.4, 0.5) is 5.69 Å². The molecule has 0 spiro atoms. The molecule has 3 nitrogen and oxygen atoms in total. The van der Waals surface area contributed by atoms with E-state index < -0.39 is 5.41 Å². The standard InChI is InChI=1S/C18H20N2O/c1-18(2,11-19)17(21)20-14-7-8-16-13(10-14)9-12-5-3-4-6-15(12)16/h3-8,10H,9,11,19H2,1-2H3,(H,20,21). The molecule has 108 valence electrons. The van der Waals surface area contributed by atoms with Crippen LogP contribution in [0.1, 0.15) is 25.0 Å². The lowest BCUT2D eigenvalue weighted by Crippen LogP contribution is -2.37. The molecule has 0 aromatic heterocycles. The van der Waals surface area contributed by atoms with Crippen molar-refractivity contribution < 1.29 is 4.79 Å². The van der Waals surface area contributed by atoms with Gasteiger partial charge in [-0.15, -0.1) is 0 Å². The minimum absolute atomic E-state index is 0.0412. The maximum atomic E-state index is 12.2. The van der Waals surface area contributed by atoms with E-state index >= 15 is 0 Å². The Balaban J connectivity index is 1.86. The Morgan fingerprint density at radius 1 is 1.14 bits per heavy atom. The predicted molar refractivity (Wildman–Crippen MR) is 86.1 cm³/mol. The third-order valence-electron chi connectivity index (χ3n) is 4.18. The van der Waals surface area contributed by atoms with Gasteiger partial charge in [0.05, 0.1) is 5.41 Å². The van der Waals surface area contributed by atoms with Gasteiger partial charge >= 0.3 is 0 Å². The van der Waals surface area contributed by atoms with E-state index in [1.165, 1.54) is 22.3 Å². The van der Waals surface area contributed by atoms with Crippen LogP contribution < -0.4 is 11.1 Å². The molecule has 2 aromatic carbocycles. The molecule has 0 saturated heterocycles. The maximum absolute atomic E-state index is 12.2. The summed E-state index contributed by atoms with van der Waals surface area (Å²) < 4.78 is 0. The van der Waals surface area contributed by atoms with Crippen LogP contribution in [0.25, 0.3) is 11.1 Å². The molecule has 1 aliphatic rings. The average Bonchev–Trinajstić information content (AvgIpc) is 2.84. The van der Waals surface area contributed by atoms with Gasteiger partial charge in [0.1, 0.15) is 0 Å². The van der Waals surface area contributed by atoms with Crippen molar-refractivity contribution in [3.05, 3.63) is 53.6 Å². The number of nitrogens with one attached hydrogen (secondary N) is 1. The maximum Gasteiger partial charge on any atom is 0.231 e. The second kappa shape index (κ2) is 5.01. The van der Waals surface area contributed by atoms with Gasteiger partial charge in [0, 0.05) is 12.2 Å². The first-order valence-corrected chi connectivity index (χ1v) is 7.24. The molecule has 0 heterocycles. The summed E-state index contributed by atoms with van der Waals surface area (Å²) in [5.41, 5.74) is 11.1. The van der Waals surface area contributed by atoms with Crippen molar-refractivity contribution in [1.29, 1.82) is 0 Å². The first-order chi connectivity index (χ1) is 10.0. The van der Waals surface area contributed by atoms with E-state index in [2.05, 4.69) is 41.7 Å². The van der Waals surface area contributed by atoms with E-state index in [-0.39, 0.29) is 5.91 Å². The summed E-state index contributed by atoms with van der Waals surface area (Å²) in [6.45, 7) is 4.03. The van der Waals surface area contributed by atoms with Gasteiger partial charge in [-0.05, 0) is 54.7 Å². The van der Waals surface area contributed by atoms with Crippen molar-refractivity contribution in [2.45, 2.75) is 20.3 Å². The monoisotopic (exact) mass is 280 g/mol. The number of fused-ring (bicyclic) bond motifs is 3. The summed E-state index contributed by atoms with van der Waals surface area (Å²) >= 11 is 0. The number of hydrogen-bond acceptors (Lipinski definition) is 2. The third-order valence-corrected chi connectivity index (χ3v) is 4.18. The number of carbonyl (C=O) groups excluding carboxylic acids is 1. The molecule has 3 rings (SSSR count). The molecule has 0 bridgehead atoms. The first kappa shape index (κ1) is 13.8. The SMILES string of the molecule is CC(C)(CN)C(=O)Nc1ccc2c(c1)Cc1ccccc1-2. The number of nitrogens with two attached hydrogens (primary N) is 1. The number of rotatable bonds is 3. The van der Waals surface area contributed by atoms with Crippen LogP contribution in [-0.4, -0.2) is 12.5 Å². The molecule has 0 atom stereocenters. The van der Waals surface area contributed by atoms with Crippen LogP contribution in [-0.2, 0) is 11.2 Å². The Kier molecular flexibility index (Phi) is 3.30. The van der Waals surface area contributed by atoms with E-state index in [1.807, 2.05) is 19.9 Å². The van der Waals surface area contributed by atoms with Crippen LogP contribution in [0.5, 0.6) is 0 Å². The van der Waals surface area contributed by atoms with Gasteiger partial charge < -0.3 is 11.1 Å². The molecule has 0 fully saturated rings. The van der Waals surface area contributed by atoms with E-state index in [0.29, 0.717) is 6.54 Å². The highest BCUT2D eigenvalue weighted by molar-refractivity contribution is 5.95. The first-order valence-electron chi connectivity index (χ1n) is 7.24. The van der Waals surface area contributed by atoms with Crippen molar-refractivity contribution in [3.63, 3.8) is 0 Å². The number of anilines is 1.